The quantitative estimate of drug-likeness (QED) is 0.619. The van der Waals surface area contributed by atoms with Gasteiger partial charge in [0, 0.05) is 12.6 Å². The first-order chi connectivity index (χ1) is 15.4. The van der Waals surface area contributed by atoms with Crippen molar-refractivity contribution in [3.63, 3.8) is 0 Å². The lowest BCUT2D eigenvalue weighted by Gasteiger charge is -2.31. The molecule has 32 heavy (non-hydrogen) atoms. The van der Waals surface area contributed by atoms with Crippen LogP contribution in [0.4, 0.5) is 0 Å². The number of benzene rings is 2. The largest absolute Gasteiger partial charge is 0.497 e. The molecule has 5 nitrogen and oxygen atoms in total. The van der Waals surface area contributed by atoms with Crippen molar-refractivity contribution in [2.45, 2.75) is 77.9 Å². The number of carbonyl (C=O) groups excluding carboxylic acids is 2. The van der Waals surface area contributed by atoms with Gasteiger partial charge in [0.15, 0.2) is 0 Å². The predicted molar refractivity (Wildman–Crippen MR) is 128 cm³/mol. The number of hydrogen-bond acceptors (Lipinski definition) is 3. The smallest absolute Gasteiger partial charge is 0.243 e. The molecule has 172 valence electrons. The summed E-state index contributed by atoms with van der Waals surface area (Å²) in [6.45, 7) is 6.45. The maximum absolute atomic E-state index is 13.5. The molecule has 1 N–H and O–H groups in total. The zero-order valence-electron chi connectivity index (χ0n) is 19.8. The number of hydrogen-bond donors (Lipinski definition) is 1. The van der Waals surface area contributed by atoms with Gasteiger partial charge in [-0.1, -0.05) is 61.2 Å². The van der Waals surface area contributed by atoms with Crippen LogP contribution in [0.25, 0.3) is 0 Å². The lowest BCUT2D eigenvalue weighted by Crippen LogP contribution is -2.51. The monoisotopic (exact) mass is 436 g/mol. The van der Waals surface area contributed by atoms with Crippen molar-refractivity contribution in [2.24, 2.45) is 0 Å². The fourth-order valence-electron chi connectivity index (χ4n) is 4.66. The number of nitrogens with one attached hydrogen (secondary N) is 1. The molecule has 3 rings (SSSR count). The maximum atomic E-state index is 13.5. The summed E-state index contributed by atoms with van der Waals surface area (Å²) < 4.78 is 5.26. The van der Waals surface area contributed by atoms with Gasteiger partial charge in [-0.3, -0.25) is 9.59 Å². The molecule has 0 aromatic heterocycles. The zero-order valence-corrected chi connectivity index (χ0v) is 19.8. The summed E-state index contributed by atoms with van der Waals surface area (Å²) in [5.74, 6) is 0.703. The molecule has 1 aliphatic carbocycles. The van der Waals surface area contributed by atoms with Crippen molar-refractivity contribution in [3.8, 4) is 5.75 Å². The highest BCUT2D eigenvalue weighted by molar-refractivity contribution is 5.88. The predicted octanol–water partition coefficient (Wildman–Crippen LogP) is 4.72. The molecule has 2 aromatic rings. The highest BCUT2D eigenvalue weighted by atomic mass is 16.5. The molecular weight excluding hydrogens is 400 g/mol. The van der Waals surface area contributed by atoms with E-state index < -0.39 is 6.04 Å². The highest BCUT2D eigenvalue weighted by Crippen LogP contribution is 2.21. The van der Waals surface area contributed by atoms with E-state index in [-0.39, 0.29) is 24.3 Å². The number of aryl methyl sites for hydroxylation is 2. The normalized spacial score (nSPS) is 14.8. The van der Waals surface area contributed by atoms with Crippen LogP contribution in [0.3, 0.4) is 0 Å². The van der Waals surface area contributed by atoms with Gasteiger partial charge in [0.1, 0.15) is 11.8 Å². The van der Waals surface area contributed by atoms with Crippen molar-refractivity contribution in [3.05, 3.63) is 64.7 Å². The molecule has 1 unspecified atom stereocenters. The van der Waals surface area contributed by atoms with Crippen LogP contribution < -0.4 is 10.1 Å². The third-order valence-electron chi connectivity index (χ3n) is 6.24. The summed E-state index contributed by atoms with van der Waals surface area (Å²) >= 11 is 0. The first-order valence-corrected chi connectivity index (χ1v) is 11.7. The van der Waals surface area contributed by atoms with Crippen molar-refractivity contribution in [2.75, 3.05) is 7.11 Å². The molecule has 0 bridgehead atoms. The molecule has 0 spiro atoms. The number of rotatable bonds is 9. The Balaban J connectivity index is 1.83. The minimum atomic E-state index is -0.490. The van der Waals surface area contributed by atoms with Gasteiger partial charge in [-0.2, -0.15) is 0 Å². The molecule has 1 atom stereocenters. The Bertz CT molecular complexity index is 897. The van der Waals surface area contributed by atoms with E-state index in [1.165, 1.54) is 0 Å². The van der Waals surface area contributed by atoms with Gasteiger partial charge in [-0.05, 0) is 56.4 Å². The van der Waals surface area contributed by atoms with Crippen molar-refractivity contribution < 1.29 is 14.3 Å². The molecule has 0 aliphatic heterocycles. The molecule has 5 heteroatoms. The number of methoxy groups -OCH3 is 1. The van der Waals surface area contributed by atoms with Crippen LogP contribution in [0, 0.1) is 13.8 Å². The van der Waals surface area contributed by atoms with Gasteiger partial charge < -0.3 is 15.0 Å². The minimum absolute atomic E-state index is 0.0285. The summed E-state index contributed by atoms with van der Waals surface area (Å²) in [4.78, 5) is 28.5. The van der Waals surface area contributed by atoms with E-state index in [1.807, 2.05) is 45.0 Å². The van der Waals surface area contributed by atoms with Crippen molar-refractivity contribution in [1.29, 1.82) is 0 Å². The van der Waals surface area contributed by atoms with Gasteiger partial charge in [0.2, 0.25) is 11.8 Å². The number of amides is 2. The van der Waals surface area contributed by atoms with E-state index in [4.69, 9.17) is 4.74 Å². The Labute approximate surface area is 192 Å². The second kappa shape index (κ2) is 11.2. The minimum Gasteiger partial charge on any atom is -0.497 e. The lowest BCUT2D eigenvalue weighted by molar-refractivity contribution is -0.141. The number of ether oxygens (including phenoxy) is 1. The van der Waals surface area contributed by atoms with Crippen LogP contribution in [0.2, 0.25) is 0 Å². The molecule has 2 amide bonds. The van der Waals surface area contributed by atoms with E-state index in [2.05, 4.69) is 23.5 Å². The van der Waals surface area contributed by atoms with Gasteiger partial charge >= 0.3 is 0 Å². The topological polar surface area (TPSA) is 58.6 Å². The van der Waals surface area contributed by atoms with Crippen LogP contribution in [0.5, 0.6) is 5.75 Å². The Morgan fingerprint density at radius 3 is 2.22 bits per heavy atom. The average molecular weight is 437 g/mol. The SMILES string of the molecule is CCC(C(=O)NC1CCCC1)N(Cc1ccc(OC)cc1)C(=O)Cc1cc(C)cc(C)c1. The Morgan fingerprint density at radius 1 is 1.03 bits per heavy atom. The van der Waals surface area contributed by atoms with E-state index >= 15 is 0 Å². The van der Waals surface area contributed by atoms with Gasteiger partial charge in [-0.25, -0.2) is 0 Å². The standard InChI is InChI=1S/C27H36N2O3/c1-5-25(27(31)28-23-8-6-7-9-23)29(18-21-10-12-24(32-4)13-11-21)26(30)17-22-15-19(2)14-20(3)16-22/h10-16,23,25H,5-9,17-18H2,1-4H3,(H,28,31). The number of nitrogens with zero attached hydrogens (tertiary/aromatic N) is 1. The highest BCUT2D eigenvalue weighted by Gasteiger charge is 2.30. The molecule has 0 saturated heterocycles. The first kappa shape index (κ1) is 23.8. The number of carbonyl (C=O) groups is 2. The molecule has 0 radical (unpaired) electrons. The second-order valence-corrected chi connectivity index (χ2v) is 8.96. The van der Waals surface area contributed by atoms with Crippen molar-refractivity contribution >= 4 is 11.8 Å². The molecule has 1 saturated carbocycles. The summed E-state index contributed by atoms with van der Waals surface area (Å²) in [6, 6.07) is 13.6. The summed E-state index contributed by atoms with van der Waals surface area (Å²) in [5, 5.41) is 3.20. The Hall–Kier alpha value is -2.82. The third kappa shape index (κ3) is 6.35. The van der Waals surface area contributed by atoms with Gasteiger partial charge in [0.25, 0.3) is 0 Å². The molecular formula is C27H36N2O3. The second-order valence-electron chi connectivity index (χ2n) is 8.96. The third-order valence-corrected chi connectivity index (χ3v) is 6.24. The van der Waals surface area contributed by atoms with Crippen LogP contribution in [0.1, 0.15) is 61.3 Å². The average Bonchev–Trinajstić information content (AvgIpc) is 3.26. The van der Waals surface area contributed by atoms with E-state index in [0.29, 0.717) is 13.0 Å². The fraction of sp³-hybridized carbons (Fsp3) is 0.481. The molecule has 1 aliphatic rings. The lowest BCUT2D eigenvalue weighted by atomic mass is 10.0. The van der Waals surface area contributed by atoms with Gasteiger partial charge in [-0.15, -0.1) is 0 Å². The molecule has 1 fully saturated rings. The zero-order chi connectivity index (χ0) is 23.1. The maximum Gasteiger partial charge on any atom is 0.243 e. The summed E-state index contributed by atoms with van der Waals surface area (Å²) in [5.41, 5.74) is 4.24. The Kier molecular flexibility index (Phi) is 8.32. The van der Waals surface area contributed by atoms with E-state index in [9.17, 15) is 9.59 Å². The van der Waals surface area contributed by atoms with Crippen molar-refractivity contribution in [1.82, 2.24) is 10.2 Å². The summed E-state index contributed by atoms with van der Waals surface area (Å²) in [7, 11) is 1.63. The Morgan fingerprint density at radius 2 is 1.66 bits per heavy atom. The van der Waals surface area contributed by atoms with Crippen LogP contribution in [-0.2, 0) is 22.6 Å². The van der Waals surface area contributed by atoms with Gasteiger partial charge in [0.05, 0.1) is 13.5 Å². The fourth-order valence-corrected chi connectivity index (χ4v) is 4.66. The van der Waals surface area contributed by atoms with E-state index in [0.717, 1.165) is 53.7 Å². The molecule has 0 heterocycles. The first-order valence-electron chi connectivity index (χ1n) is 11.7. The van der Waals surface area contributed by atoms with Crippen LogP contribution in [0.15, 0.2) is 42.5 Å². The van der Waals surface area contributed by atoms with Crippen LogP contribution >= 0.6 is 0 Å². The molecule has 2 aromatic carbocycles. The summed E-state index contributed by atoms with van der Waals surface area (Å²) in [6.07, 6.45) is 5.22. The van der Waals surface area contributed by atoms with E-state index in [1.54, 1.807) is 12.0 Å². The van der Waals surface area contributed by atoms with Crippen LogP contribution in [-0.4, -0.2) is 35.9 Å².